The summed E-state index contributed by atoms with van der Waals surface area (Å²) in [6.07, 6.45) is 2.31. The molecule has 29 nitrogen and oxygen atoms in total. The lowest BCUT2D eigenvalue weighted by Gasteiger charge is -2.62. The van der Waals surface area contributed by atoms with E-state index in [1.165, 1.54) is 65.8 Å². The summed E-state index contributed by atoms with van der Waals surface area (Å²) in [5.74, 6) is 0.784. The van der Waals surface area contributed by atoms with E-state index in [-0.39, 0.29) is 79.1 Å². The Kier molecular flexibility index (Phi) is 20.3. The summed E-state index contributed by atoms with van der Waals surface area (Å²) in [4.78, 5) is 74.4. The highest BCUT2D eigenvalue weighted by atomic mass is 32.2. The number of methoxy groups -OCH3 is 4. The van der Waals surface area contributed by atoms with Gasteiger partial charge in [-0.1, -0.05) is 18.2 Å². The summed E-state index contributed by atoms with van der Waals surface area (Å²) >= 11 is 2.70. The Balaban J connectivity index is 0.000000156. The predicted molar refractivity (Wildman–Crippen MR) is 400 cm³/mol. The third-order valence-corrected chi connectivity index (χ3v) is 26.4. The van der Waals surface area contributed by atoms with Crippen LogP contribution in [-0.2, 0) is 64.7 Å². The number of likely N-dealkylation sites (N-methyl/N-ethyl adjacent to an activating group) is 2. The number of nitrogens with one attached hydrogen (secondary N) is 1. The van der Waals surface area contributed by atoms with E-state index in [4.69, 9.17) is 62.6 Å². The molecule has 4 fully saturated rings. The maximum absolute atomic E-state index is 14.7. The van der Waals surface area contributed by atoms with Crippen LogP contribution >= 0.6 is 23.5 Å². The Morgan fingerprint density at radius 3 is 1.59 bits per heavy atom. The van der Waals surface area contributed by atoms with Crippen LogP contribution in [0.2, 0.25) is 0 Å². The van der Waals surface area contributed by atoms with Crippen molar-refractivity contribution in [2.24, 2.45) is 5.73 Å². The van der Waals surface area contributed by atoms with Gasteiger partial charge in [-0.05, 0) is 137 Å². The van der Waals surface area contributed by atoms with Gasteiger partial charge in [-0.2, -0.15) is 10.5 Å². The van der Waals surface area contributed by atoms with Gasteiger partial charge in [0.2, 0.25) is 19.4 Å². The van der Waals surface area contributed by atoms with E-state index < -0.39 is 94.0 Å². The fourth-order valence-electron chi connectivity index (χ4n) is 19.1. The third-order valence-electron chi connectivity index (χ3n) is 23.7. The molecule has 2 unspecified atom stereocenters. The molecular formula is C80H86N8O21S2. The molecule has 0 aromatic heterocycles. The van der Waals surface area contributed by atoms with Crippen LogP contribution in [0.3, 0.4) is 0 Å². The number of phenols is 4. The highest BCUT2D eigenvalue weighted by molar-refractivity contribution is 8.00. The Morgan fingerprint density at radius 2 is 1.11 bits per heavy atom. The number of aromatic hydroxyl groups is 4. The van der Waals surface area contributed by atoms with Crippen molar-refractivity contribution >= 4 is 53.2 Å². The molecule has 0 saturated carbocycles. The summed E-state index contributed by atoms with van der Waals surface area (Å²) in [6, 6.07) is 12.4. The predicted octanol–water partition coefficient (Wildman–Crippen LogP) is 7.69. The van der Waals surface area contributed by atoms with E-state index in [9.17, 15) is 54.9 Å². The normalized spacial score (nSPS) is 26.8. The summed E-state index contributed by atoms with van der Waals surface area (Å²) in [5.41, 5.74) is 15.0. The first-order chi connectivity index (χ1) is 53.3. The molecular weight excluding hydrogens is 1470 g/mol. The molecule has 12 aliphatic heterocycles. The van der Waals surface area contributed by atoms with Gasteiger partial charge in [0.05, 0.1) is 81.0 Å². The van der Waals surface area contributed by atoms with Gasteiger partial charge in [0.25, 0.3) is 0 Å². The largest absolute Gasteiger partial charge is 0.504 e. The van der Waals surface area contributed by atoms with Gasteiger partial charge in [0, 0.05) is 94.8 Å². The van der Waals surface area contributed by atoms with Crippen molar-refractivity contribution in [3.05, 3.63) is 126 Å². The lowest BCUT2D eigenvalue weighted by atomic mass is 9.71. The lowest BCUT2D eigenvalue weighted by Crippen LogP contribution is -2.69. The van der Waals surface area contributed by atoms with Crippen LogP contribution in [0.1, 0.15) is 132 Å². The van der Waals surface area contributed by atoms with Gasteiger partial charge in [0.1, 0.15) is 36.8 Å². The smallest absolute Gasteiger partial charge is 0.375 e. The zero-order valence-corrected chi connectivity index (χ0v) is 64.9. The number of fused-ring (bicyclic) bond motifs is 18. The molecule has 6 aromatic carbocycles. The van der Waals surface area contributed by atoms with Crippen LogP contribution in [0.4, 0.5) is 0 Å². The van der Waals surface area contributed by atoms with E-state index in [1.54, 1.807) is 31.2 Å². The van der Waals surface area contributed by atoms with Crippen LogP contribution in [0.15, 0.2) is 42.5 Å². The topological polar surface area (TPSA) is 376 Å². The van der Waals surface area contributed by atoms with E-state index in [0.717, 1.165) is 39.8 Å². The number of hydrogen-bond acceptors (Lipinski definition) is 31. The number of phenolic OH excluding ortho intramolecular Hbond substituents is 4. The number of Topliss-reactive ketones (excluding diaryl/α,β-unsaturated/α-hetero) is 1. The molecule has 8 bridgehead atoms. The Hall–Kier alpha value is -10.1. The van der Waals surface area contributed by atoms with Crippen molar-refractivity contribution in [1.29, 1.82) is 10.5 Å². The molecule has 0 amide bonds. The lowest BCUT2D eigenvalue weighted by molar-refractivity contribution is -0.157. The number of cyclic esters (lactones) is 1. The number of ketones is 1. The van der Waals surface area contributed by atoms with Crippen LogP contribution in [0.5, 0.6) is 80.5 Å². The highest BCUT2D eigenvalue weighted by Gasteiger charge is 2.64. The number of benzene rings is 6. The first kappa shape index (κ1) is 76.3. The molecule has 7 N–H and O–H groups in total. The number of thioether (sulfide) groups is 2. The standard InChI is InChI=1S/C40H42N4O10S.C31H31N3O9S.C9H13NO2/c1-17-9-21-10-23-24(13-41)44-25-14-51-39(48)40(22-12-27(49-5)26(46)11-20(22)7-8-42-40)15-55-38(32(44)31(43(23)4)28(21)33(47)34(17)50-6)30-29(25)37-36(52-16-53-37)18(2)35(30)54-19(3)45;1-12-6-15-7-16-17(8-32)34-18-9-40-31(38)19(36)10-44-30(24(34)23(33(16)4)20(15)25(37)26(12)39-5)22-21(18)29-28(41-11-42-29)13(2)27(22)43-14(3)35;1-12-9-3-2-7(4-5-10)6-8(9)11/h9,11-12,23-25,31-32,38,42,46-47H,7-8,10,14-16H2,1-6H3;6,16-18,23-24,30,37H,7,9-11H2,1-5H3;2-3,6,11H,4-5,10H2,1H3/t23-,24-,25-,31+,32?,38+,40+;16-,17-,18-,23+,24?,30+;/m00./s1. The van der Waals surface area contributed by atoms with Crippen molar-refractivity contribution < 1.29 is 101 Å². The van der Waals surface area contributed by atoms with Crippen molar-refractivity contribution in [2.45, 2.75) is 144 Å². The first-order valence-corrected chi connectivity index (χ1v) is 38.6. The second kappa shape index (κ2) is 29.5. The number of carbonyl (C=O) groups is 5. The number of nitrogens with two attached hydrogens (primary N) is 1. The fourth-order valence-corrected chi connectivity index (χ4v) is 22.2. The average Bonchev–Trinajstić information content (AvgIpc) is 1.46. The molecule has 31 heteroatoms. The molecule has 584 valence electrons. The highest BCUT2D eigenvalue weighted by Crippen LogP contribution is 2.67. The Morgan fingerprint density at radius 1 is 0.613 bits per heavy atom. The number of hydrogen-bond donors (Lipinski definition) is 6. The quantitative estimate of drug-likeness (QED) is 0.0483. The fraction of sp³-hybridized carbons (Fsp3) is 0.463. The van der Waals surface area contributed by atoms with Gasteiger partial charge in [-0.25, -0.2) is 9.59 Å². The summed E-state index contributed by atoms with van der Waals surface area (Å²) in [7, 11) is 9.96. The van der Waals surface area contributed by atoms with Crippen LogP contribution in [0, 0.1) is 50.4 Å². The summed E-state index contributed by atoms with van der Waals surface area (Å²) in [5, 5.41) is 68.1. The van der Waals surface area contributed by atoms with Gasteiger partial charge in [0.15, 0.2) is 74.5 Å². The number of carbonyl (C=O) groups excluding carboxylic acids is 5. The van der Waals surface area contributed by atoms with Crippen LogP contribution in [-0.4, -0.2) is 200 Å². The molecule has 12 heterocycles. The minimum atomic E-state index is -1.36. The van der Waals surface area contributed by atoms with Gasteiger partial charge in [-0.3, -0.25) is 39.3 Å². The van der Waals surface area contributed by atoms with Crippen molar-refractivity contribution in [1.82, 2.24) is 24.9 Å². The molecule has 111 heavy (non-hydrogen) atoms. The molecule has 0 aliphatic carbocycles. The molecule has 0 radical (unpaired) electrons. The molecule has 13 atom stereocenters. The van der Waals surface area contributed by atoms with Gasteiger partial charge >= 0.3 is 23.9 Å². The van der Waals surface area contributed by atoms with Crippen molar-refractivity contribution in [3.63, 3.8) is 0 Å². The van der Waals surface area contributed by atoms with Crippen LogP contribution < -0.4 is 58.4 Å². The van der Waals surface area contributed by atoms with Gasteiger partial charge < -0.3 is 83.0 Å². The molecule has 12 aliphatic rings. The van der Waals surface area contributed by atoms with Gasteiger partial charge in [-0.15, -0.1) is 23.5 Å². The van der Waals surface area contributed by atoms with Crippen molar-refractivity contribution in [3.8, 4) is 92.6 Å². The molecule has 4 saturated heterocycles. The zero-order chi connectivity index (χ0) is 78.8. The van der Waals surface area contributed by atoms with E-state index in [0.29, 0.717) is 134 Å². The second-order valence-corrected chi connectivity index (χ2v) is 31.6. The van der Waals surface area contributed by atoms with E-state index in [2.05, 4.69) is 37.1 Å². The van der Waals surface area contributed by atoms with E-state index in [1.807, 2.05) is 53.1 Å². The zero-order valence-electron chi connectivity index (χ0n) is 63.3. The minimum Gasteiger partial charge on any atom is -0.504 e. The third kappa shape index (κ3) is 12.1. The molecule has 18 rings (SSSR count). The maximum atomic E-state index is 14.7. The van der Waals surface area contributed by atoms with E-state index >= 15 is 0 Å². The number of rotatable bonds is 8. The number of nitrogens with zero attached hydrogens (tertiary/aromatic N) is 6. The number of ether oxygens (including phenoxy) is 12. The number of esters is 4. The number of piperazine rings is 2. The Bertz CT molecular complexity index is 4990. The summed E-state index contributed by atoms with van der Waals surface area (Å²) in [6.45, 7) is 10.5. The first-order valence-electron chi connectivity index (χ1n) is 36.5. The maximum Gasteiger partial charge on any atom is 0.375 e. The summed E-state index contributed by atoms with van der Waals surface area (Å²) < 4.78 is 70.0. The number of nitriles is 2. The van der Waals surface area contributed by atoms with Crippen LogP contribution in [0.25, 0.3) is 0 Å². The average molecular weight is 1560 g/mol. The second-order valence-electron chi connectivity index (χ2n) is 29.4. The molecule has 1 spiro atoms. The number of aryl methyl sites for hydroxylation is 2. The SMILES string of the molecule is COc1c(C)cc2c(c1O)[C@@H]1C3[C@@H]4SCC(=O)C(=O)OC[C@@H](c5c6c(c(C)c(OC(C)=O)c54)OCO6)N3[C@@H](C#N)[C@H](C2)N1C.COc1cc2c(cc1O)CCN[C@]21CS[C@@H]2c3c(OC(C)=O)c(C)c4c(c3[C@H](COC1=O)N1C2[C@H]2c3c(cc(C)c(OC)c3O)C[C@@H]([C@@H]1C#N)N2C)OCO4.COc1ccc(CCN)cc1O. The van der Waals surface area contributed by atoms with Crippen molar-refractivity contribution in [2.75, 3.05) is 93.9 Å². The Labute approximate surface area is 648 Å². The minimum absolute atomic E-state index is 0.0239. The monoisotopic (exact) mass is 1560 g/mol. The molecule has 6 aromatic rings.